The molecule has 3 aromatic rings. The van der Waals surface area contributed by atoms with Gasteiger partial charge >= 0.3 is 0 Å². The van der Waals surface area contributed by atoms with Crippen LogP contribution in [0.1, 0.15) is 40.4 Å². The molecule has 0 aliphatic heterocycles. The van der Waals surface area contributed by atoms with Crippen molar-refractivity contribution in [2.24, 2.45) is 0 Å². The molecule has 9 heteroatoms. The van der Waals surface area contributed by atoms with Gasteiger partial charge in [0, 0.05) is 30.6 Å². The van der Waals surface area contributed by atoms with Crippen LogP contribution in [-0.2, 0) is 16.4 Å². The molecule has 3 rings (SSSR count). The zero-order valence-corrected chi connectivity index (χ0v) is 18.8. The number of hydrogen-bond acceptors (Lipinski definition) is 6. The zero-order chi connectivity index (χ0) is 23.3. The summed E-state index contributed by atoms with van der Waals surface area (Å²) in [5.74, 6) is -0.733. The molecule has 2 heterocycles. The third-order valence-electron chi connectivity index (χ3n) is 4.49. The van der Waals surface area contributed by atoms with Crippen LogP contribution in [0.4, 0.5) is 0 Å². The van der Waals surface area contributed by atoms with Crippen LogP contribution in [0.25, 0.3) is 11.3 Å². The van der Waals surface area contributed by atoms with E-state index in [4.69, 9.17) is 0 Å². The summed E-state index contributed by atoms with van der Waals surface area (Å²) in [6, 6.07) is 14.8. The highest BCUT2D eigenvalue weighted by Crippen LogP contribution is 2.19. The average molecular weight is 453 g/mol. The van der Waals surface area contributed by atoms with E-state index in [0.29, 0.717) is 5.69 Å². The minimum absolute atomic E-state index is 0.0325. The van der Waals surface area contributed by atoms with E-state index in [2.05, 4.69) is 20.6 Å². The first kappa shape index (κ1) is 23.1. The molecule has 0 saturated heterocycles. The highest BCUT2D eigenvalue weighted by molar-refractivity contribution is 7.90. The molecule has 2 N–H and O–H groups in total. The van der Waals surface area contributed by atoms with Crippen LogP contribution in [0.3, 0.4) is 0 Å². The Labute approximate surface area is 187 Å². The summed E-state index contributed by atoms with van der Waals surface area (Å²) in [4.78, 5) is 33.3. The summed E-state index contributed by atoms with van der Waals surface area (Å²) in [6.45, 7) is 3.93. The van der Waals surface area contributed by atoms with E-state index in [-0.39, 0.29) is 34.8 Å². The van der Waals surface area contributed by atoms with Gasteiger partial charge in [-0.25, -0.2) is 13.4 Å². The Bertz CT molecular complexity index is 1220. The van der Waals surface area contributed by atoms with Crippen LogP contribution in [-0.4, -0.2) is 42.5 Å². The number of sulfone groups is 1. The summed E-state index contributed by atoms with van der Waals surface area (Å²) >= 11 is 0. The summed E-state index contributed by atoms with van der Waals surface area (Å²) in [7, 11) is -3.25. The molecule has 0 spiro atoms. The normalized spacial score (nSPS) is 11.2. The largest absolute Gasteiger partial charge is 0.349 e. The lowest BCUT2D eigenvalue weighted by molar-refractivity contribution is 0.0936. The smallest absolute Gasteiger partial charge is 0.270 e. The predicted molar refractivity (Wildman–Crippen MR) is 121 cm³/mol. The van der Waals surface area contributed by atoms with E-state index < -0.39 is 15.7 Å². The Balaban J connectivity index is 1.63. The second kappa shape index (κ2) is 9.69. The molecule has 2 aromatic heterocycles. The van der Waals surface area contributed by atoms with Crippen molar-refractivity contribution in [3.8, 4) is 11.3 Å². The summed E-state index contributed by atoms with van der Waals surface area (Å²) in [5, 5.41) is 5.51. The summed E-state index contributed by atoms with van der Waals surface area (Å²) in [6.07, 6.45) is 2.80. The minimum Gasteiger partial charge on any atom is -0.349 e. The van der Waals surface area contributed by atoms with Gasteiger partial charge in [-0.3, -0.25) is 14.6 Å². The van der Waals surface area contributed by atoms with Gasteiger partial charge in [-0.15, -0.1) is 0 Å². The lowest BCUT2D eigenvalue weighted by Gasteiger charge is -2.09. The maximum absolute atomic E-state index is 12.4. The Kier molecular flexibility index (Phi) is 6.99. The monoisotopic (exact) mass is 452 g/mol. The maximum Gasteiger partial charge on any atom is 0.270 e. The first-order chi connectivity index (χ1) is 15.1. The average Bonchev–Trinajstić information content (AvgIpc) is 2.77. The number of carbonyl (C=O) groups excluding carboxylic acids is 2. The zero-order valence-electron chi connectivity index (χ0n) is 18.0. The van der Waals surface area contributed by atoms with E-state index in [9.17, 15) is 18.0 Å². The number of pyridine rings is 2. The van der Waals surface area contributed by atoms with Gasteiger partial charge in [0.25, 0.3) is 11.8 Å². The number of aromatic nitrogens is 2. The standard InChI is InChI=1S/C23H24N4O4S/c1-15(2)26-23(29)21-6-4-5-20(27-21)22(28)25-14-16-7-12-19(24-13-16)17-8-10-18(11-9-17)32(3,30)31/h4-13,15H,14H2,1-3H3,(H,25,28)(H,26,29). The van der Waals surface area contributed by atoms with E-state index in [1.54, 1.807) is 54.7 Å². The van der Waals surface area contributed by atoms with Gasteiger partial charge in [0.1, 0.15) is 11.4 Å². The van der Waals surface area contributed by atoms with Gasteiger partial charge in [0.15, 0.2) is 9.84 Å². The second-order valence-electron chi connectivity index (χ2n) is 7.57. The van der Waals surface area contributed by atoms with Crippen LogP contribution in [0, 0.1) is 0 Å². The number of nitrogens with one attached hydrogen (secondary N) is 2. The highest BCUT2D eigenvalue weighted by atomic mass is 32.2. The molecule has 0 fully saturated rings. The number of rotatable bonds is 7. The van der Waals surface area contributed by atoms with E-state index in [1.165, 1.54) is 0 Å². The van der Waals surface area contributed by atoms with Crippen LogP contribution < -0.4 is 10.6 Å². The molecule has 32 heavy (non-hydrogen) atoms. The van der Waals surface area contributed by atoms with Crippen molar-refractivity contribution in [3.63, 3.8) is 0 Å². The molecule has 1 aromatic carbocycles. The molecule has 0 radical (unpaired) electrons. The third kappa shape index (κ3) is 5.98. The van der Waals surface area contributed by atoms with Crippen LogP contribution in [0.15, 0.2) is 65.7 Å². The molecule has 0 saturated carbocycles. The van der Waals surface area contributed by atoms with E-state index >= 15 is 0 Å². The van der Waals surface area contributed by atoms with E-state index in [0.717, 1.165) is 17.4 Å². The van der Waals surface area contributed by atoms with Gasteiger partial charge in [-0.1, -0.05) is 24.3 Å². The molecule has 8 nitrogen and oxygen atoms in total. The first-order valence-corrected chi connectivity index (χ1v) is 11.8. The maximum atomic E-state index is 12.4. The minimum atomic E-state index is -3.25. The fourth-order valence-electron chi connectivity index (χ4n) is 2.87. The Morgan fingerprint density at radius 2 is 1.59 bits per heavy atom. The fraction of sp³-hybridized carbons (Fsp3) is 0.217. The molecule has 0 aliphatic rings. The van der Waals surface area contributed by atoms with Crippen molar-refractivity contribution in [1.82, 2.24) is 20.6 Å². The molecule has 0 aliphatic carbocycles. The molecule has 0 atom stereocenters. The number of carbonyl (C=O) groups is 2. The van der Waals surface area contributed by atoms with Crippen molar-refractivity contribution in [2.75, 3.05) is 6.26 Å². The van der Waals surface area contributed by atoms with Gasteiger partial charge in [0.2, 0.25) is 0 Å². The van der Waals surface area contributed by atoms with Gasteiger partial charge in [-0.2, -0.15) is 0 Å². The molecule has 2 amide bonds. The third-order valence-corrected chi connectivity index (χ3v) is 5.62. The predicted octanol–water partition coefficient (Wildman–Crippen LogP) is 2.62. The lowest BCUT2D eigenvalue weighted by atomic mass is 10.1. The number of benzene rings is 1. The van der Waals surface area contributed by atoms with Crippen molar-refractivity contribution < 1.29 is 18.0 Å². The quantitative estimate of drug-likeness (QED) is 0.569. The van der Waals surface area contributed by atoms with Gasteiger partial charge in [-0.05, 0) is 49.7 Å². The Morgan fingerprint density at radius 1 is 0.938 bits per heavy atom. The fourth-order valence-corrected chi connectivity index (χ4v) is 3.50. The van der Waals surface area contributed by atoms with Crippen molar-refractivity contribution in [2.45, 2.75) is 31.3 Å². The summed E-state index contributed by atoms with van der Waals surface area (Å²) < 4.78 is 23.1. The highest BCUT2D eigenvalue weighted by Gasteiger charge is 2.13. The number of nitrogens with zero attached hydrogens (tertiary/aromatic N) is 2. The summed E-state index contributed by atoms with van der Waals surface area (Å²) in [5.41, 5.74) is 2.58. The Hall–Kier alpha value is -3.59. The van der Waals surface area contributed by atoms with Crippen molar-refractivity contribution in [3.05, 3.63) is 77.7 Å². The van der Waals surface area contributed by atoms with Crippen LogP contribution in [0.5, 0.6) is 0 Å². The molecular weight excluding hydrogens is 428 g/mol. The SMILES string of the molecule is CC(C)NC(=O)c1cccc(C(=O)NCc2ccc(-c3ccc(S(C)(=O)=O)cc3)nc2)n1. The Morgan fingerprint density at radius 3 is 2.16 bits per heavy atom. The topological polar surface area (TPSA) is 118 Å². The molecule has 166 valence electrons. The van der Waals surface area contributed by atoms with Crippen LogP contribution >= 0.6 is 0 Å². The lowest BCUT2D eigenvalue weighted by Crippen LogP contribution is -2.31. The molecule has 0 unspecified atom stereocenters. The second-order valence-corrected chi connectivity index (χ2v) is 9.58. The first-order valence-electron chi connectivity index (χ1n) is 9.95. The van der Waals surface area contributed by atoms with Crippen molar-refractivity contribution >= 4 is 21.7 Å². The molecular formula is C23H24N4O4S. The van der Waals surface area contributed by atoms with Crippen LogP contribution in [0.2, 0.25) is 0 Å². The number of hydrogen-bond donors (Lipinski definition) is 2. The van der Waals surface area contributed by atoms with Gasteiger partial charge < -0.3 is 10.6 Å². The van der Waals surface area contributed by atoms with Gasteiger partial charge in [0.05, 0.1) is 10.6 Å². The number of amides is 2. The van der Waals surface area contributed by atoms with Crippen molar-refractivity contribution in [1.29, 1.82) is 0 Å². The van der Waals surface area contributed by atoms with E-state index in [1.807, 2.05) is 19.9 Å². The molecule has 0 bridgehead atoms.